The highest BCUT2D eigenvalue weighted by molar-refractivity contribution is 6.01. The van der Waals surface area contributed by atoms with Crippen LogP contribution in [0.3, 0.4) is 0 Å². The van der Waals surface area contributed by atoms with E-state index in [1.807, 2.05) is 42.5 Å². The van der Waals surface area contributed by atoms with E-state index in [-0.39, 0.29) is 24.5 Å². The van der Waals surface area contributed by atoms with Gasteiger partial charge in [-0.15, -0.1) is 0 Å². The van der Waals surface area contributed by atoms with E-state index >= 15 is 0 Å². The van der Waals surface area contributed by atoms with E-state index in [0.29, 0.717) is 49.1 Å². The average molecular weight is 475 g/mol. The van der Waals surface area contributed by atoms with Crippen LogP contribution in [0.1, 0.15) is 28.8 Å². The van der Waals surface area contributed by atoms with Crippen LogP contribution in [0.25, 0.3) is 11.4 Å². The van der Waals surface area contributed by atoms with Gasteiger partial charge in [0.15, 0.2) is 0 Å². The number of aromatic nitrogens is 2. The number of hydrogen-bond donors (Lipinski definition) is 1. The molecular weight excluding hydrogens is 444 g/mol. The lowest BCUT2D eigenvalue weighted by atomic mass is 10.1. The van der Waals surface area contributed by atoms with Crippen LogP contribution in [-0.2, 0) is 16.1 Å². The molecule has 1 aromatic heterocycles. The van der Waals surface area contributed by atoms with Crippen LogP contribution in [0.5, 0.6) is 5.75 Å². The van der Waals surface area contributed by atoms with Crippen molar-refractivity contribution in [3.8, 4) is 17.1 Å². The number of aromatic amines is 1. The van der Waals surface area contributed by atoms with Crippen molar-refractivity contribution in [1.82, 2.24) is 19.8 Å². The van der Waals surface area contributed by atoms with Crippen molar-refractivity contribution in [3.63, 3.8) is 0 Å². The van der Waals surface area contributed by atoms with Crippen LogP contribution in [0.15, 0.2) is 60.9 Å². The van der Waals surface area contributed by atoms with Gasteiger partial charge >= 0.3 is 0 Å². The zero-order valence-corrected chi connectivity index (χ0v) is 19.9. The minimum absolute atomic E-state index is 0.00141. The van der Waals surface area contributed by atoms with Crippen molar-refractivity contribution < 1.29 is 19.1 Å². The predicted molar refractivity (Wildman–Crippen MR) is 131 cm³/mol. The Bertz CT molecular complexity index is 1180. The Hall–Kier alpha value is -3.65. The highest BCUT2D eigenvalue weighted by Crippen LogP contribution is 2.30. The third-order valence-electron chi connectivity index (χ3n) is 6.50. The number of carbonyl (C=O) groups is 2. The first-order chi connectivity index (χ1) is 17.1. The van der Waals surface area contributed by atoms with Gasteiger partial charge in [0.1, 0.15) is 18.1 Å². The van der Waals surface area contributed by atoms with Gasteiger partial charge in [0.25, 0.3) is 5.91 Å². The first kappa shape index (κ1) is 23.1. The minimum Gasteiger partial charge on any atom is -0.497 e. The summed E-state index contributed by atoms with van der Waals surface area (Å²) in [6, 6.07) is 15.1. The first-order valence-corrected chi connectivity index (χ1v) is 12.0. The minimum atomic E-state index is -0.257. The molecule has 3 aromatic rings. The molecule has 8 nitrogen and oxygen atoms in total. The molecule has 1 saturated heterocycles. The molecule has 2 heterocycles. The smallest absolute Gasteiger partial charge is 0.255 e. The fourth-order valence-electron chi connectivity index (χ4n) is 4.40. The van der Waals surface area contributed by atoms with Gasteiger partial charge in [0.05, 0.1) is 18.8 Å². The number of nitrogens with zero attached hydrogens (tertiary/aromatic N) is 3. The molecule has 182 valence electrons. The second-order valence-corrected chi connectivity index (χ2v) is 9.19. The molecule has 5 rings (SSSR count). The van der Waals surface area contributed by atoms with Crippen LogP contribution < -0.4 is 4.74 Å². The Morgan fingerprint density at radius 3 is 2.77 bits per heavy atom. The summed E-state index contributed by atoms with van der Waals surface area (Å²) in [5.41, 5.74) is 2.20. The standard InChI is InChI=1S/C27H30N4O4/c1-34-21-6-4-5-20(13-21)14-30-15-22(35-18-19-9-10-19)16-31(17-25(30)32)27(33)24-8-3-2-7-23(24)26-28-11-12-29-26/h2-8,11-13,19,22H,9-10,14-18H2,1H3,(H,28,29)/t22-/m0/s1. The fourth-order valence-corrected chi connectivity index (χ4v) is 4.40. The number of imidazole rings is 1. The molecule has 0 bridgehead atoms. The SMILES string of the molecule is COc1cccc(CN2C[C@H](OCC3CC3)CN(C(=O)c3ccccc3-c3ncc[nH]3)CC2=O)c1. The summed E-state index contributed by atoms with van der Waals surface area (Å²) in [7, 11) is 1.63. The largest absolute Gasteiger partial charge is 0.497 e. The molecule has 8 heteroatoms. The summed E-state index contributed by atoms with van der Waals surface area (Å²) in [5, 5.41) is 0. The van der Waals surface area contributed by atoms with E-state index in [2.05, 4.69) is 9.97 Å². The second kappa shape index (κ2) is 10.3. The van der Waals surface area contributed by atoms with E-state index in [9.17, 15) is 9.59 Å². The zero-order chi connectivity index (χ0) is 24.2. The molecule has 35 heavy (non-hydrogen) atoms. The van der Waals surface area contributed by atoms with E-state index in [1.54, 1.807) is 35.4 Å². The van der Waals surface area contributed by atoms with Crippen LogP contribution in [-0.4, -0.2) is 71.0 Å². The number of rotatable bonds is 8. The molecule has 1 atom stereocenters. The maximum absolute atomic E-state index is 13.7. The van der Waals surface area contributed by atoms with Gasteiger partial charge in [0.2, 0.25) is 5.91 Å². The summed E-state index contributed by atoms with van der Waals surface area (Å²) in [5.74, 6) is 1.65. The quantitative estimate of drug-likeness (QED) is 0.541. The number of carbonyl (C=O) groups excluding carboxylic acids is 2. The van der Waals surface area contributed by atoms with E-state index in [0.717, 1.165) is 11.3 Å². The Morgan fingerprint density at radius 2 is 2.00 bits per heavy atom. The number of H-pyrrole nitrogens is 1. The lowest BCUT2D eigenvalue weighted by molar-refractivity contribution is -0.132. The molecule has 1 N–H and O–H groups in total. The molecule has 1 aliphatic heterocycles. The molecule has 1 saturated carbocycles. The zero-order valence-electron chi connectivity index (χ0n) is 19.9. The Morgan fingerprint density at radius 1 is 1.14 bits per heavy atom. The van der Waals surface area contributed by atoms with Gasteiger partial charge in [0, 0.05) is 44.2 Å². The lowest BCUT2D eigenvalue weighted by Crippen LogP contribution is -2.40. The van der Waals surface area contributed by atoms with Gasteiger partial charge in [-0.05, 0) is 42.5 Å². The van der Waals surface area contributed by atoms with Gasteiger partial charge in [-0.3, -0.25) is 9.59 Å². The normalized spacial score (nSPS) is 18.4. The van der Waals surface area contributed by atoms with Crippen LogP contribution >= 0.6 is 0 Å². The number of benzene rings is 2. The van der Waals surface area contributed by atoms with Gasteiger partial charge in [-0.1, -0.05) is 30.3 Å². The Labute approximate surface area is 204 Å². The molecule has 2 aliphatic rings. The maximum Gasteiger partial charge on any atom is 0.255 e. The topological polar surface area (TPSA) is 87.8 Å². The van der Waals surface area contributed by atoms with Crippen molar-refractivity contribution in [2.24, 2.45) is 5.92 Å². The van der Waals surface area contributed by atoms with Crippen LogP contribution in [0.2, 0.25) is 0 Å². The van der Waals surface area contributed by atoms with E-state index in [1.165, 1.54) is 12.8 Å². The molecule has 0 radical (unpaired) electrons. The number of nitrogens with one attached hydrogen (secondary N) is 1. The summed E-state index contributed by atoms with van der Waals surface area (Å²) in [6.07, 6.45) is 5.48. The number of ether oxygens (including phenoxy) is 2. The molecule has 0 spiro atoms. The lowest BCUT2D eigenvalue weighted by Gasteiger charge is -2.25. The summed E-state index contributed by atoms with van der Waals surface area (Å²) in [6.45, 7) is 1.89. The highest BCUT2D eigenvalue weighted by Gasteiger charge is 2.33. The van der Waals surface area contributed by atoms with Crippen LogP contribution in [0.4, 0.5) is 0 Å². The third-order valence-corrected chi connectivity index (χ3v) is 6.50. The summed E-state index contributed by atoms with van der Waals surface area (Å²) in [4.78, 5) is 37.9. The Kier molecular flexibility index (Phi) is 6.81. The Balaban J connectivity index is 1.39. The second-order valence-electron chi connectivity index (χ2n) is 9.19. The van der Waals surface area contributed by atoms with Crippen molar-refractivity contribution in [1.29, 1.82) is 0 Å². The average Bonchev–Trinajstić information content (AvgIpc) is 3.59. The summed E-state index contributed by atoms with van der Waals surface area (Å²) < 4.78 is 11.6. The summed E-state index contributed by atoms with van der Waals surface area (Å²) >= 11 is 0. The van der Waals surface area contributed by atoms with Crippen LogP contribution in [0, 0.1) is 5.92 Å². The molecular formula is C27H30N4O4. The molecule has 2 fully saturated rings. The highest BCUT2D eigenvalue weighted by atomic mass is 16.5. The van der Waals surface area contributed by atoms with Crippen molar-refractivity contribution >= 4 is 11.8 Å². The number of hydrogen-bond acceptors (Lipinski definition) is 5. The van der Waals surface area contributed by atoms with Gasteiger partial charge < -0.3 is 24.3 Å². The molecule has 2 aromatic carbocycles. The van der Waals surface area contributed by atoms with E-state index < -0.39 is 0 Å². The molecule has 0 unspecified atom stereocenters. The fraction of sp³-hybridized carbons (Fsp3) is 0.370. The first-order valence-electron chi connectivity index (χ1n) is 12.0. The van der Waals surface area contributed by atoms with Gasteiger partial charge in [-0.25, -0.2) is 4.98 Å². The van der Waals surface area contributed by atoms with Crippen molar-refractivity contribution in [2.75, 3.05) is 33.4 Å². The van der Waals surface area contributed by atoms with Crippen molar-refractivity contribution in [2.45, 2.75) is 25.5 Å². The predicted octanol–water partition coefficient (Wildman–Crippen LogP) is 3.37. The number of methoxy groups -OCH3 is 1. The number of amides is 2. The molecule has 2 amide bonds. The maximum atomic E-state index is 13.7. The molecule has 1 aliphatic carbocycles. The third kappa shape index (κ3) is 5.54. The van der Waals surface area contributed by atoms with E-state index in [4.69, 9.17) is 9.47 Å². The monoisotopic (exact) mass is 474 g/mol. The van der Waals surface area contributed by atoms with Crippen molar-refractivity contribution in [3.05, 3.63) is 72.1 Å². The van der Waals surface area contributed by atoms with Gasteiger partial charge in [-0.2, -0.15) is 0 Å².